The zero-order valence-corrected chi connectivity index (χ0v) is 18.0. The standard InChI is InChI=1S/C23H45N3/c1-4-6-7-8-9-10-11-12-13-14-15-16-17-18-19-20-23(3,5-2)22-24-21-25-26-22/h21H,4-20H2,1-3H3,(H,24,25,26). The Hall–Kier alpha value is -0.860. The second-order valence-corrected chi connectivity index (χ2v) is 8.45. The van der Waals surface area contributed by atoms with E-state index in [1.165, 1.54) is 103 Å². The highest BCUT2D eigenvalue weighted by atomic mass is 15.2. The van der Waals surface area contributed by atoms with Crippen molar-refractivity contribution in [1.82, 2.24) is 15.2 Å². The van der Waals surface area contributed by atoms with Crippen LogP contribution in [-0.2, 0) is 5.41 Å². The van der Waals surface area contributed by atoms with E-state index < -0.39 is 0 Å². The average Bonchev–Trinajstić information content (AvgIpc) is 3.20. The highest BCUT2D eigenvalue weighted by Crippen LogP contribution is 2.30. The summed E-state index contributed by atoms with van der Waals surface area (Å²) in [6.07, 6.45) is 25.3. The van der Waals surface area contributed by atoms with Gasteiger partial charge in [0.25, 0.3) is 0 Å². The van der Waals surface area contributed by atoms with Gasteiger partial charge in [0.05, 0.1) is 0 Å². The predicted molar refractivity (Wildman–Crippen MR) is 114 cm³/mol. The van der Waals surface area contributed by atoms with Gasteiger partial charge in [-0.15, -0.1) is 0 Å². The minimum Gasteiger partial charge on any atom is -0.263 e. The lowest BCUT2D eigenvalue weighted by Gasteiger charge is -2.25. The molecular formula is C23H45N3. The summed E-state index contributed by atoms with van der Waals surface area (Å²) in [4.78, 5) is 4.38. The van der Waals surface area contributed by atoms with E-state index in [0.717, 1.165) is 12.2 Å². The summed E-state index contributed by atoms with van der Waals surface area (Å²) < 4.78 is 0. The topological polar surface area (TPSA) is 41.6 Å². The molecule has 0 spiro atoms. The van der Waals surface area contributed by atoms with Gasteiger partial charge in [-0.3, -0.25) is 5.10 Å². The van der Waals surface area contributed by atoms with Gasteiger partial charge in [0, 0.05) is 5.41 Å². The first-order valence-corrected chi connectivity index (χ1v) is 11.6. The van der Waals surface area contributed by atoms with E-state index in [4.69, 9.17) is 0 Å². The van der Waals surface area contributed by atoms with Gasteiger partial charge in [-0.1, -0.05) is 117 Å². The summed E-state index contributed by atoms with van der Waals surface area (Å²) in [5.74, 6) is 1.06. The van der Waals surface area contributed by atoms with E-state index in [2.05, 4.69) is 36.0 Å². The maximum atomic E-state index is 4.38. The van der Waals surface area contributed by atoms with Crippen LogP contribution in [0.1, 0.15) is 136 Å². The van der Waals surface area contributed by atoms with Crippen LogP contribution in [0.2, 0.25) is 0 Å². The number of nitrogens with one attached hydrogen (secondary N) is 1. The number of unbranched alkanes of at least 4 members (excludes halogenated alkanes) is 14. The van der Waals surface area contributed by atoms with Crippen LogP contribution in [-0.4, -0.2) is 15.2 Å². The minimum absolute atomic E-state index is 0.174. The Balaban J connectivity index is 1.86. The van der Waals surface area contributed by atoms with Gasteiger partial charge in [0.2, 0.25) is 0 Å². The summed E-state index contributed by atoms with van der Waals surface area (Å²) in [7, 11) is 0. The second kappa shape index (κ2) is 15.2. The van der Waals surface area contributed by atoms with E-state index in [1.54, 1.807) is 6.33 Å². The second-order valence-electron chi connectivity index (χ2n) is 8.45. The third-order valence-corrected chi connectivity index (χ3v) is 6.10. The number of hydrogen-bond acceptors (Lipinski definition) is 2. The molecule has 1 heterocycles. The normalized spacial score (nSPS) is 13.8. The lowest BCUT2D eigenvalue weighted by Crippen LogP contribution is -2.22. The van der Waals surface area contributed by atoms with E-state index >= 15 is 0 Å². The molecule has 1 aromatic heterocycles. The summed E-state index contributed by atoms with van der Waals surface area (Å²) in [6, 6.07) is 0. The van der Waals surface area contributed by atoms with Crippen LogP contribution in [0, 0.1) is 0 Å². The Bertz CT molecular complexity index is 402. The molecule has 0 aromatic carbocycles. The molecule has 0 saturated heterocycles. The number of aromatic nitrogens is 3. The zero-order chi connectivity index (χ0) is 18.9. The van der Waals surface area contributed by atoms with Crippen molar-refractivity contribution in [2.24, 2.45) is 0 Å². The Labute approximate surface area is 163 Å². The Morgan fingerprint density at radius 3 is 1.58 bits per heavy atom. The van der Waals surface area contributed by atoms with E-state index in [1.807, 2.05) is 0 Å². The van der Waals surface area contributed by atoms with Gasteiger partial charge in [-0.2, -0.15) is 5.10 Å². The molecule has 1 atom stereocenters. The average molecular weight is 364 g/mol. The Morgan fingerprint density at radius 2 is 1.19 bits per heavy atom. The van der Waals surface area contributed by atoms with Gasteiger partial charge in [0.15, 0.2) is 0 Å². The molecular weight excluding hydrogens is 318 g/mol. The molecule has 0 saturated carbocycles. The lowest BCUT2D eigenvalue weighted by molar-refractivity contribution is 0.374. The molecule has 26 heavy (non-hydrogen) atoms. The molecule has 3 heteroatoms. The number of hydrogen-bond donors (Lipinski definition) is 1. The maximum Gasteiger partial charge on any atom is 0.137 e. The van der Waals surface area contributed by atoms with Crippen LogP contribution in [0.3, 0.4) is 0 Å². The van der Waals surface area contributed by atoms with Crippen molar-refractivity contribution in [2.75, 3.05) is 0 Å². The third-order valence-electron chi connectivity index (χ3n) is 6.10. The van der Waals surface area contributed by atoms with Crippen molar-refractivity contribution in [1.29, 1.82) is 0 Å². The molecule has 0 radical (unpaired) electrons. The van der Waals surface area contributed by atoms with Gasteiger partial charge in [-0.05, 0) is 12.8 Å². The van der Waals surface area contributed by atoms with Crippen LogP contribution < -0.4 is 0 Å². The summed E-state index contributed by atoms with van der Waals surface area (Å²) in [6.45, 7) is 6.87. The summed E-state index contributed by atoms with van der Waals surface area (Å²) >= 11 is 0. The summed E-state index contributed by atoms with van der Waals surface area (Å²) in [5, 5.41) is 7.09. The van der Waals surface area contributed by atoms with Crippen molar-refractivity contribution in [3.63, 3.8) is 0 Å². The smallest absolute Gasteiger partial charge is 0.137 e. The van der Waals surface area contributed by atoms with Crippen molar-refractivity contribution >= 4 is 0 Å². The van der Waals surface area contributed by atoms with Crippen molar-refractivity contribution < 1.29 is 0 Å². The number of H-pyrrole nitrogens is 1. The van der Waals surface area contributed by atoms with Crippen LogP contribution in [0.5, 0.6) is 0 Å². The Kier molecular flexibility index (Phi) is 13.6. The number of nitrogens with zero attached hydrogens (tertiary/aromatic N) is 2. The third kappa shape index (κ3) is 10.3. The molecule has 1 aromatic rings. The van der Waals surface area contributed by atoms with E-state index in [-0.39, 0.29) is 5.41 Å². The first-order valence-electron chi connectivity index (χ1n) is 11.6. The fourth-order valence-corrected chi connectivity index (χ4v) is 3.85. The highest BCUT2D eigenvalue weighted by molar-refractivity contribution is 5.02. The molecule has 0 bridgehead atoms. The van der Waals surface area contributed by atoms with Crippen LogP contribution in [0.15, 0.2) is 6.33 Å². The van der Waals surface area contributed by atoms with Gasteiger partial charge >= 0.3 is 0 Å². The SMILES string of the molecule is CCCCCCCCCCCCCCCCCC(C)(CC)c1ncn[nH]1. The first-order chi connectivity index (χ1) is 12.7. The number of aromatic amines is 1. The molecule has 1 rings (SSSR count). The summed E-state index contributed by atoms with van der Waals surface area (Å²) in [5.41, 5.74) is 0.174. The largest absolute Gasteiger partial charge is 0.263 e. The van der Waals surface area contributed by atoms with Crippen LogP contribution >= 0.6 is 0 Å². The fourth-order valence-electron chi connectivity index (χ4n) is 3.85. The zero-order valence-electron chi connectivity index (χ0n) is 18.0. The monoisotopic (exact) mass is 363 g/mol. The van der Waals surface area contributed by atoms with Gasteiger partial charge in [-0.25, -0.2) is 4.98 Å². The molecule has 0 aliphatic rings. The highest BCUT2D eigenvalue weighted by Gasteiger charge is 2.26. The van der Waals surface area contributed by atoms with Crippen LogP contribution in [0.4, 0.5) is 0 Å². The van der Waals surface area contributed by atoms with E-state index in [0.29, 0.717) is 0 Å². The predicted octanol–water partition coefficient (Wildman–Crippen LogP) is 7.73. The van der Waals surface area contributed by atoms with Crippen LogP contribution in [0.25, 0.3) is 0 Å². The lowest BCUT2D eigenvalue weighted by atomic mass is 9.81. The molecule has 0 fully saturated rings. The first kappa shape index (κ1) is 23.2. The van der Waals surface area contributed by atoms with E-state index in [9.17, 15) is 0 Å². The molecule has 3 nitrogen and oxygen atoms in total. The van der Waals surface area contributed by atoms with Crippen molar-refractivity contribution in [2.45, 2.75) is 135 Å². The molecule has 0 aliphatic carbocycles. The molecule has 0 amide bonds. The van der Waals surface area contributed by atoms with Crippen molar-refractivity contribution in [3.8, 4) is 0 Å². The Morgan fingerprint density at radius 1 is 0.731 bits per heavy atom. The maximum absolute atomic E-state index is 4.38. The molecule has 152 valence electrons. The van der Waals surface area contributed by atoms with Gasteiger partial charge < -0.3 is 0 Å². The minimum atomic E-state index is 0.174. The molecule has 0 aliphatic heterocycles. The fraction of sp³-hybridized carbons (Fsp3) is 0.913. The molecule has 1 N–H and O–H groups in total. The van der Waals surface area contributed by atoms with Crippen molar-refractivity contribution in [3.05, 3.63) is 12.2 Å². The van der Waals surface area contributed by atoms with Gasteiger partial charge in [0.1, 0.15) is 12.2 Å². The quantitative estimate of drug-likeness (QED) is 0.271. The number of rotatable bonds is 18. The molecule has 1 unspecified atom stereocenters.